The van der Waals surface area contributed by atoms with Crippen molar-refractivity contribution in [3.63, 3.8) is 0 Å². The van der Waals surface area contributed by atoms with Crippen molar-refractivity contribution in [2.75, 3.05) is 25.2 Å². The van der Waals surface area contributed by atoms with Gasteiger partial charge in [0.1, 0.15) is 0 Å². The predicted octanol–water partition coefficient (Wildman–Crippen LogP) is 5.45. The number of halogens is 1. The second kappa shape index (κ2) is 19.4. The topological polar surface area (TPSA) is 170 Å². The molecule has 0 saturated carbocycles. The molecule has 0 radical (unpaired) electrons. The number of hydrogen-bond acceptors (Lipinski definition) is 10. The van der Waals surface area contributed by atoms with Crippen LogP contribution >= 0.6 is 22.6 Å². The van der Waals surface area contributed by atoms with Gasteiger partial charge < -0.3 is 34.5 Å². The number of amides is 2. The highest BCUT2D eigenvalue weighted by Gasteiger charge is 2.56. The number of aromatic hydroxyl groups is 1. The SMILES string of the molecule is COc1cc(/C=C(/CC[C@@H](O)C2=C(CO[Si](c3ccccc3)(c3ccccc3)C(C)(C)C)C[C@H]3C(=O)N(c4cccc(B(O)O)c4)C(=O)[C@H]3[C@H]2CO)c2ccccn2)cc(I)c1O. The number of nitrogens with zero attached hydrogens (tertiary/aromatic N) is 2. The summed E-state index contributed by atoms with van der Waals surface area (Å²) >= 11 is 2.05. The van der Waals surface area contributed by atoms with Crippen molar-refractivity contribution in [1.82, 2.24) is 4.98 Å². The molecule has 5 aromatic rings. The van der Waals surface area contributed by atoms with Crippen LogP contribution in [-0.4, -0.2) is 84.0 Å². The Kier molecular flexibility index (Phi) is 14.2. The van der Waals surface area contributed by atoms with E-state index in [0.717, 1.165) is 26.4 Å². The molecule has 0 unspecified atom stereocenters. The average Bonchev–Trinajstić information content (AvgIpc) is 3.54. The summed E-state index contributed by atoms with van der Waals surface area (Å²) < 4.78 is 13.5. The number of hydrogen-bond donors (Lipinski definition) is 5. The number of rotatable bonds is 15. The fourth-order valence-corrected chi connectivity index (χ4v) is 14.6. The quantitative estimate of drug-likeness (QED) is 0.0394. The van der Waals surface area contributed by atoms with Gasteiger partial charge in [-0.25, -0.2) is 0 Å². The zero-order valence-corrected chi connectivity index (χ0v) is 38.8. The second-order valence-corrected chi connectivity index (χ2v) is 22.6. The van der Waals surface area contributed by atoms with E-state index in [2.05, 4.69) is 50.0 Å². The Morgan fingerprint density at radius 2 is 1.60 bits per heavy atom. The lowest BCUT2D eigenvalue weighted by Gasteiger charge is -2.44. The van der Waals surface area contributed by atoms with E-state index in [4.69, 9.17) is 9.16 Å². The molecule has 14 heteroatoms. The van der Waals surface area contributed by atoms with Gasteiger partial charge in [-0.15, -0.1) is 0 Å². The highest BCUT2D eigenvalue weighted by molar-refractivity contribution is 14.1. The molecule has 2 amide bonds. The Hall–Kier alpha value is -4.94. The van der Waals surface area contributed by atoms with Gasteiger partial charge in [0.2, 0.25) is 11.8 Å². The maximum atomic E-state index is 14.5. The summed E-state index contributed by atoms with van der Waals surface area (Å²) in [5, 5.41) is 56.0. The van der Waals surface area contributed by atoms with Crippen LogP contribution in [0.25, 0.3) is 11.6 Å². The van der Waals surface area contributed by atoms with Crippen molar-refractivity contribution in [2.24, 2.45) is 17.8 Å². The third kappa shape index (κ3) is 9.21. The van der Waals surface area contributed by atoms with Crippen LogP contribution < -0.4 is 25.5 Å². The number of benzene rings is 4. The maximum absolute atomic E-state index is 14.5. The normalized spacial score (nSPS) is 18.7. The van der Waals surface area contributed by atoms with Crippen LogP contribution in [0.15, 0.2) is 133 Å². The number of phenols is 1. The molecule has 0 spiro atoms. The van der Waals surface area contributed by atoms with E-state index in [1.165, 1.54) is 19.2 Å². The third-order valence-electron chi connectivity index (χ3n) is 12.3. The van der Waals surface area contributed by atoms with Crippen LogP contribution in [0.5, 0.6) is 11.5 Å². The van der Waals surface area contributed by atoms with E-state index in [-0.39, 0.29) is 36.3 Å². The van der Waals surface area contributed by atoms with E-state index in [1.807, 2.05) is 89.3 Å². The average molecular weight is 979 g/mol. The van der Waals surface area contributed by atoms with Gasteiger partial charge >= 0.3 is 7.12 Å². The molecular formula is C49H52BIN2O9Si. The number of carbonyl (C=O) groups excluding carboxylic acids is 2. The number of carbonyl (C=O) groups is 2. The van der Waals surface area contributed by atoms with Crippen LogP contribution in [-0.2, 0) is 14.0 Å². The van der Waals surface area contributed by atoms with Gasteiger partial charge in [-0.2, -0.15) is 0 Å². The molecule has 4 aromatic carbocycles. The lowest BCUT2D eigenvalue weighted by atomic mass is 9.68. The highest BCUT2D eigenvalue weighted by Crippen LogP contribution is 2.48. The highest BCUT2D eigenvalue weighted by atomic mass is 127. The zero-order chi connectivity index (χ0) is 45.1. The molecule has 2 heterocycles. The monoisotopic (exact) mass is 978 g/mol. The van der Waals surface area contributed by atoms with Crippen molar-refractivity contribution >= 4 is 83.0 Å². The van der Waals surface area contributed by atoms with Crippen molar-refractivity contribution < 1.29 is 44.1 Å². The summed E-state index contributed by atoms with van der Waals surface area (Å²) in [6.45, 7) is 6.01. The van der Waals surface area contributed by atoms with Gasteiger partial charge in [-0.3, -0.25) is 19.5 Å². The summed E-state index contributed by atoms with van der Waals surface area (Å²) in [5.41, 5.74) is 3.67. The number of aliphatic hydroxyl groups is 2. The number of ether oxygens (including phenoxy) is 1. The number of aliphatic hydroxyl groups excluding tert-OH is 2. The van der Waals surface area contributed by atoms with Gasteiger partial charge in [0, 0.05) is 12.1 Å². The third-order valence-corrected chi connectivity index (χ3v) is 18.1. The molecule has 1 aromatic heterocycles. The Balaban J connectivity index is 1.33. The minimum Gasteiger partial charge on any atom is -0.504 e. The van der Waals surface area contributed by atoms with Gasteiger partial charge in [0.05, 0.1) is 53.2 Å². The molecule has 2 aliphatic rings. The first-order valence-electron chi connectivity index (χ1n) is 21.0. The summed E-state index contributed by atoms with van der Waals surface area (Å²) in [4.78, 5) is 34.8. The van der Waals surface area contributed by atoms with Gasteiger partial charge in [0.15, 0.2) is 11.5 Å². The number of phenolic OH excluding ortho intramolecular Hbond substituents is 1. The second-order valence-electron chi connectivity index (χ2n) is 17.1. The molecule has 4 atom stereocenters. The van der Waals surface area contributed by atoms with Crippen molar-refractivity contribution in [2.45, 2.75) is 51.2 Å². The number of anilines is 1. The van der Waals surface area contributed by atoms with Crippen LogP contribution in [0.4, 0.5) is 5.69 Å². The molecule has 5 N–H and O–H groups in total. The lowest BCUT2D eigenvalue weighted by Crippen LogP contribution is -2.66. The Morgan fingerprint density at radius 3 is 2.19 bits per heavy atom. The Labute approximate surface area is 383 Å². The molecule has 11 nitrogen and oxygen atoms in total. The summed E-state index contributed by atoms with van der Waals surface area (Å²) in [7, 11) is -3.48. The van der Waals surface area contributed by atoms with Crippen LogP contribution in [0, 0.1) is 21.3 Å². The largest absolute Gasteiger partial charge is 0.504 e. The number of methoxy groups -OCH3 is 1. The molecule has 1 aliphatic carbocycles. The van der Waals surface area contributed by atoms with Crippen molar-refractivity contribution in [3.05, 3.63) is 147 Å². The van der Waals surface area contributed by atoms with Gasteiger partial charge in [-0.1, -0.05) is 99.6 Å². The lowest BCUT2D eigenvalue weighted by molar-refractivity contribution is -0.123. The van der Waals surface area contributed by atoms with E-state index >= 15 is 0 Å². The molecule has 63 heavy (non-hydrogen) atoms. The van der Waals surface area contributed by atoms with E-state index in [9.17, 15) is 35.0 Å². The van der Waals surface area contributed by atoms with E-state index < -0.39 is 62.8 Å². The Morgan fingerprint density at radius 1 is 0.937 bits per heavy atom. The molecule has 326 valence electrons. The molecule has 7 rings (SSSR count). The molecule has 0 bridgehead atoms. The van der Waals surface area contributed by atoms with Crippen molar-refractivity contribution in [3.8, 4) is 11.5 Å². The number of allylic oxidation sites excluding steroid dienone is 1. The summed E-state index contributed by atoms with van der Waals surface area (Å²) in [6, 6.07) is 35.5. The molecule has 1 saturated heterocycles. The number of fused-ring (bicyclic) bond motifs is 1. The first-order valence-corrected chi connectivity index (χ1v) is 24.0. The van der Waals surface area contributed by atoms with E-state index in [0.29, 0.717) is 32.6 Å². The smallest absolute Gasteiger partial charge is 0.488 e. The summed E-state index contributed by atoms with van der Waals surface area (Å²) in [6.07, 6.45) is 3.05. The summed E-state index contributed by atoms with van der Waals surface area (Å²) in [5.74, 6) is -3.46. The predicted molar refractivity (Wildman–Crippen MR) is 256 cm³/mol. The van der Waals surface area contributed by atoms with Gasteiger partial charge in [-0.05, 0) is 127 Å². The molecule has 1 fully saturated rings. The number of imide groups is 1. The zero-order valence-electron chi connectivity index (χ0n) is 35.7. The fraction of sp³-hybridized carbons (Fsp3) is 0.286. The number of pyridine rings is 1. The van der Waals surface area contributed by atoms with Crippen LogP contribution in [0.1, 0.15) is 51.3 Å². The van der Waals surface area contributed by atoms with Crippen LogP contribution in [0.2, 0.25) is 5.04 Å². The minimum absolute atomic E-state index is 0.0295. The number of aromatic nitrogens is 1. The molecule has 1 aliphatic heterocycles. The standard InChI is InChI=1S/C49H52BIN2O9Si/c1-49(2,3)63(36-16-7-5-8-17-36,37-18-9-6-10-19-37)62-30-33-27-38-45(48(58)53(47(38)57)35-15-13-14-34(28-35)50(59)60)39(29-54)44(33)42(55)22-21-32(41-20-11-12-23-52-41)24-31-25-40(51)46(56)43(26-31)61-4/h5-20,23-26,28,38-39,42,45,54-56,59-60H,21-22,27,29-30H2,1-4H3/b32-24-/t38-,39+,42-,45-/m1/s1. The Bertz CT molecular complexity index is 2460. The first-order chi connectivity index (χ1) is 30.2. The first kappa shape index (κ1) is 46.1. The van der Waals surface area contributed by atoms with E-state index in [1.54, 1.807) is 24.4 Å². The van der Waals surface area contributed by atoms with Crippen molar-refractivity contribution in [1.29, 1.82) is 0 Å². The maximum Gasteiger partial charge on any atom is 0.488 e. The van der Waals surface area contributed by atoms with Crippen LogP contribution in [0.3, 0.4) is 0 Å². The fourth-order valence-electron chi connectivity index (χ4n) is 9.44. The van der Waals surface area contributed by atoms with Gasteiger partial charge in [0.25, 0.3) is 8.32 Å². The minimum atomic E-state index is -3.15. The molecular weight excluding hydrogens is 926 g/mol.